The predicted molar refractivity (Wildman–Crippen MR) is 79.9 cm³/mol. The fourth-order valence-corrected chi connectivity index (χ4v) is 4.54. The molecule has 0 saturated heterocycles. The van der Waals surface area contributed by atoms with Crippen LogP contribution < -0.4 is 4.31 Å². The lowest BCUT2D eigenvalue weighted by Gasteiger charge is -2.20. The van der Waals surface area contributed by atoms with Crippen molar-refractivity contribution in [3.05, 3.63) is 40.4 Å². The largest absolute Gasteiger partial charge is 0.372 e. The molecule has 0 N–H and O–H groups in total. The van der Waals surface area contributed by atoms with Gasteiger partial charge in [-0.25, -0.2) is 8.42 Å². The van der Waals surface area contributed by atoms with Crippen molar-refractivity contribution in [2.75, 3.05) is 10.9 Å². The van der Waals surface area contributed by atoms with Crippen LogP contribution >= 0.6 is 11.6 Å². The summed E-state index contributed by atoms with van der Waals surface area (Å²) in [5.74, 6) is 1.34. The van der Waals surface area contributed by atoms with Gasteiger partial charge in [0.15, 0.2) is 11.6 Å². The lowest BCUT2D eigenvalue weighted by atomic mass is 10.2. The van der Waals surface area contributed by atoms with Gasteiger partial charge in [-0.15, -0.1) is 10.2 Å². The Balaban J connectivity index is 1.74. The molecule has 1 aromatic carbocycles. The molecule has 0 unspecified atom stereocenters. The summed E-state index contributed by atoms with van der Waals surface area (Å²) in [6.45, 7) is 1.77. The topological polar surface area (TPSA) is 77.3 Å². The third-order valence-corrected chi connectivity index (χ3v) is 5.78. The summed E-state index contributed by atoms with van der Waals surface area (Å²) < 4.78 is 33.4. The lowest BCUT2D eigenvalue weighted by molar-refractivity contribution is 0.0806. The molecule has 2 aliphatic rings. The predicted octanol–water partition coefficient (Wildman–Crippen LogP) is 1.31. The average molecular weight is 341 g/mol. The van der Waals surface area contributed by atoms with Crippen molar-refractivity contribution in [2.45, 2.75) is 25.4 Å². The maximum atomic E-state index is 12.4. The molecule has 1 aromatic heterocycles. The molecule has 0 atom stereocenters. The Morgan fingerprint density at radius 3 is 3.05 bits per heavy atom. The highest BCUT2D eigenvalue weighted by molar-refractivity contribution is 7.92. The summed E-state index contributed by atoms with van der Waals surface area (Å²) in [5, 5.41) is 8.69. The van der Waals surface area contributed by atoms with Crippen LogP contribution in [-0.2, 0) is 40.2 Å². The second-order valence-electron chi connectivity index (χ2n) is 5.27. The fraction of sp³-hybridized carbons (Fsp3) is 0.385. The number of hydrogen-bond acceptors (Lipinski definition) is 5. The minimum Gasteiger partial charge on any atom is -0.372 e. The lowest BCUT2D eigenvalue weighted by Crippen LogP contribution is -2.29. The molecular formula is C13H13ClN4O3S. The van der Waals surface area contributed by atoms with Crippen molar-refractivity contribution in [3.8, 4) is 0 Å². The zero-order valence-electron chi connectivity index (χ0n) is 11.6. The maximum Gasteiger partial charge on any atom is 0.239 e. The van der Waals surface area contributed by atoms with E-state index < -0.39 is 10.0 Å². The summed E-state index contributed by atoms with van der Waals surface area (Å²) in [7, 11) is -3.40. The van der Waals surface area contributed by atoms with E-state index in [2.05, 4.69) is 10.2 Å². The van der Waals surface area contributed by atoms with E-state index in [0.717, 1.165) is 11.4 Å². The van der Waals surface area contributed by atoms with Gasteiger partial charge in [0.1, 0.15) is 6.61 Å². The second-order valence-corrected chi connectivity index (χ2v) is 7.60. The Kier molecular flexibility index (Phi) is 3.14. The zero-order valence-corrected chi connectivity index (χ0v) is 13.1. The normalized spacial score (nSPS) is 19.0. The first-order valence-corrected chi connectivity index (χ1v) is 8.81. The smallest absolute Gasteiger partial charge is 0.239 e. The summed E-state index contributed by atoms with van der Waals surface area (Å²) >= 11 is 6.01. The van der Waals surface area contributed by atoms with Crippen LogP contribution in [0.1, 0.15) is 17.2 Å². The minimum atomic E-state index is -3.40. The van der Waals surface area contributed by atoms with Crippen molar-refractivity contribution in [3.63, 3.8) is 0 Å². The Hall–Kier alpha value is -1.64. The number of halogens is 1. The standard InChI is InChI=1S/C13H13ClN4O3S/c14-10-2-1-9-8-22(19,20)18(11(9)5-10)6-12-15-16-13-7-21-4-3-17(12)13/h1-2,5H,3-4,6-8H2. The van der Waals surface area contributed by atoms with Crippen LogP contribution in [0.15, 0.2) is 18.2 Å². The van der Waals surface area contributed by atoms with E-state index in [1.807, 2.05) is 4.57 Å². The number of anilines is 1. The molecule has 4 rings (SSSR count). The summed E-state index contributed by atoms with van der Waals surface area (Å²) in [6.07, 6.45) is 0. The zero-order chi connectivity index (χ0) is 15.3. The van der Waals surface area contributed by atoms with Crippen LogP contribution in [0.5, 0.6) is 0 Å². The van der Waals surface area contributed by atoms with E-state index in [1.165, 1.54) is 4.31 Å². The van der Waals surface area contributed by atoms with Crippen LogP contribution in [0.2, 0.25) is 5.02 Å². The van der Waals surface area contributed by atoms with Gasteiger partial charge in [0, 0.05) is 11.6 Å². The molecule has 2 aromatic rings. The van der Waals surface area contributed by atoms with E-state index in [-0.39, 0.29) is 12.3 Å². The highest BCUT2D eigenvalue weighted by atomic mass is 35.5. The van der Waals surface area contributed by atoms with Crippen LogP contribution in [0.4, 0.5) is 5.69 Å². The molecule has 22 heavy (non-hydrogen) atoms. The van der Waals surface area contributed by atoms with E-state index in [4.69, 9.17) is 16.3 Å². The summed E-state index contributed by atoms with van der Waals surface area (Å²) in [5.41, 5.74) is 1.38. The van der Waals surface area contributed by atoms with Crippen molar-refractivity contribution in [1.82, 2.24) is 14.8 Å². The molecular weight excluding hydrogens is 328 g/mol. The Bertz CT molecular complexity index is 849. The summed E-state index contributed by atoms with van der Waals surface area (Å²) in [4.78, 5) is 0. The number of aromatic nitrogens is 3. The van der Waals surface area contributed by atoms with Crippen molar-refractivity contribution in [1.29, 1.82) is 0 Å². The molecule has 0 radical (unpaired) electrons. The third-order valence-electron chi connectivity index (χ3n) is 3.87. The van der Waals surface area contributed by atoms with Gasteiger partial charge in [0.25, 0.3) is 0 Å². The minimum absolute atomic E-state index is 0.0103. The molecule has 0 bridgehead atoms. The van der Waals surface area contributed by atoms with Gasteiger partial charge >= 0.3 is 0 Å². The first-order valence-electron chi connectivity index (χ1n) is 6.82. The van der Waals surface area contributed by atoms with Gasteiger partial charge in [-0.3, -0.25) is 4.31 Å². The molecule has 0 fully saturated rings. The van der Waals surface area contributed by atoms with Gasteiger partial charge in [0.2, 0.25) is 10.0 Å². The summed E-state index contributed by atoms with van der Waals surface area (Å²) in [6, 6.07) is 5.13. The SMILES string of the molecule is O=S1(=O)Cc2ccc(Cl)cc2N1Cc1nnc2n1CCOC2. The van der Waals surface area contributed by atoms with E-state index in [9.17, 15) is 8.42 Å². The Labute approximate surface area is 132 Å². The number of rotatable bonds is 2. The van der Waals surface area contributed by atoms with Gasteiger partial charge in [0.05, 0.1) is 24.6 Å². The quantitative estimate of drug-likeness (QED) is 0.823. The van der Waals surface area contributed by atoms with E-state index >= 15 is 0 Å². The Morgan fingerprint density at radius 2 is 2.18 bits per heavy atom. The monoisotopic (exact) mass is 340 g/mol. The molecule has 3 heterocycles. The number of ether oxygens (including phenoxy) is 1. The first kappa shape index (κ1) is 14.0. The number of benzene rings is 1. The first-order chi connectivity index (χ1) is 10.5. The average Bonchev–Trinajstić information content (AvgIpc) is 3.00. The van der Waals surface area contributed by atoms with Crippen LogP contribution in [-0.4, -0.2) is 29.8 Å². The maximum absolute atomic E-state index is 12.4. The van der Waals surface area contributed by atoms with Crippen LogP contribution in [0.25, 0.3) is 0 Å². The van der Waals surface area contributed by atoms with Gasteiger partial charge in [-0.1, -0.05) is 17.7 Å². The molecule has 0 amide bonds. The second kappa shape index (κ2) is 4.94. The van der Waals surface area contributed by atoms with Crippen molar-refractivity contribution >= 4 is 27.3 Å². The molecule has 2 aliphatic heterocycles. The van der Waals surface area contributed by atoms with E-state index in [1.54, 1.807) is 18.2 Å². The molecule has 116 valence electrons. The van der Waals surface area contributed by atoms with Gasteiger partial charge < -0.3 is 9.30 Å². The molecule has 9 heteroatoms. The highest BCUT2D eigenvalue weighted by Crippen LogP contribution is 2.36. The molecule has 7 nitrogen and oxygen atoms in total. The molecule has 0 aliphatic carbocycles. The van der Waals surface area contributed by atoms with Crippen molar-refractivity contribution < 1.29 is 13.2 Å². The van der Waals surface area contributed by atoms with Crippen LogP contribution in [0.3, 0.4) is 0 Å². The molecule has 0 spiro atoms. The van der Waals surface area contributed by atoms with Crippen LogP contribution in [0, 0.1) is 0 Å². The van der Waals surface area contributed by atoms with Crippen molar-refractivity contribution in [2.24, 2.45) is 0 Å². The van der Waals surface area contributed by atoms with E-state index in [0.29, 0.717) is 36.3 Å². The van der Waals surface area contributed by atoms with Gasteiger partial charge in [-0.2, -0.15) is 0 Å². The molecule has 0 saturated carbocycles. The number of sulfonamides is 1. The fourth-order valence-electron chi connectivity index (χ4n) is 2.80. The number of hydrogen-bond donors (Lipinski definition) is 0. The Morgan fingerprint density at radius 1 is 1.32 bits per heavy atom. The number of nitrogens with zero attached hydrogens (tertiary/aromatic N) is 4. The van der Waals surface area contributed by atoms with Gasteiger partial charge in [-0.05, 0) is 17.7 Å². The number of fused-ring (bicyclic) bond motifs is 2. The highest BCUT2D eigenvalue weighted by Gasteiger charge is 2.34. The third kappa shape index (κ3) is 2.18.